The second kappa shape index (κ2) is 6.94. The summed E-state index contributed by atoms with van der Waals surface area (Å²) in [5.41, 5.74) is 4.36. The van der Waals surface area contributed by atoms with Crippen LogP contribution in [0.5, 0.6) is 0 Å². The van der Waals surface area contributed by atoms with Gasteiger partial charge in [-0.15, -0.1) is 0 Å². The van der Waals surface area contributed by atoms with Crippen molar-refractivity contribution >= 4 is 17.5 Å². The third kappa shape index (κ3) is 3.64. The summed E-state index contributed by atoms with van der Waals surface area (Å²) in [6.45, 7) is 3.53. The van der Waals surface area contributed by atoms with Crippen LogP contribution in [0.25, 0.3) is 0 Å². The lowest BCUT2D eigenvalue weighted by Crippen LogP contribution is -2.23. The number of benzene rings is 2. The van der Waals surface area contributed by atoms with E-state index in [4.69, 9.17) is 0 Å². The van der Waals surface area contributed by atoms with Crippen molar-refractivity contribution in [3.05, 3.63) is 65.2 Å². The molecule has 4 rings (SSSR count). The number of hydrogen-bond acceptors (Lipinski definition) is 2. The minimum Gasteiger partial charge on any atom is -0.338 e. The Kier molecular flexibility index (Phi) is 4.49. The van der Waals surface area contributed by atoms with Crippen molar-refractivity contribution in [1.82, 2.24) is 4.90 Å². The van der Waals surface area contributed by atoms with Crippen molar-refractivity contribution in [2.45, 2.75) is 38.6 Å². The summed E-state index contributed by atoms with van der Waals surface area (Å²) >= 11 is 0. The van der Waals surface area contributed by atoms with Crippen molar-refractivity contribution in [3.8, 4) is 0 Å². The van der Waals surface area contributed by atoms with E-state index in [-0.39, 0.29) is 17.7 Å². The smallest absolute Gasteiger partial charge is 0.228 e. The van der Waals surface area contributed by atoms with E-state index < -0.39 is 0 Å². The number of nitrogens with zero attached hydrogens (tertiary/aromatic N) is 1. The highest BCUT2D eigenvalue weighted by molar-refractivity contribution is 5.95. The van der Waals surface area contributed by atoms with Crippen LogP contribution in [0.1, 0.15) is 41.9 Å². The van der Waals surface area contributed by atoms with Crippen LogP contribution < -0.4 is 5.32 Å². The molecule has 0 radical (unpaired) electrons. The molecule has 2 fully saturated rings. The standard InChI is InChI=1S/C22H24N2O2/c1-15-5-2-7-17(11-15)19-13-20(19)22(26)23-18-8-3-6-16(12-18)14-24-10-4-9-21(24)25/h2-3,5-8,11-12,19-20H,4,9-10,13-14H2,1H3,(H,23,26)/t19-,20-/m1/s1. The van der Waals surface area contributed by atoms with Gasteiger partial charge in [-0.05, 0) is 48.9 Å². The summed E-state index contributed by atoms with van der Waals surface area (Å²) in [7, 11) is 0. The number of aryl methyl sites for hydroxylation is 1. The number of rotatable bonds is 5. The molecular weight excluding hydrogens is 324 g/mol. The Morgan fingerprint density at radius 2 is 2.04 bits per heavy atom. The monoisotopic (exact) mass is 348 g/mol. The molecule has 1 saturated carbocycles. The predicted octanol–water partition coefficient (Wildman–Crippen LogP) is 3.86. The SMILES string of the molecule is Cc1cccc([C@H]2C[C@H]2C(=O)Nc2cccc(CN3CCCC3=O)c2)c1. The summed E-state index contributed by atoms with van der Waals surface area (Å²) in [5, 5.41) is 3.05. The molecule has 1 aliphatic carbocycles. The maximum Gasteiger partial charge on any atom is 0.228 e. The van der Waals surface area contributed by atoms with Crippen molar-refractivity contribution in [1.29, 1.82) is 0 Å². The van der Waals surface area contributed by atoms with Gasteiger partial charge in [0.2, 0.25) is 11.8 Å². The highest BCUT2D eigenvalue weighted by Crippen LogP contribution is 2.48. The molecule has 1 aliphatic heterocycles. The second-order valence-corrected chi connectivity index (χ2v) is 7.47. The molecule has 0 spiro atoms. The third-order valence-corrected chi connectivity index (χ3v) is 5.34. The Bertz CT molecular complexity index is 846. The first kappa shape index (κ1) is 16.8. The van der Waals surface area contributed by atoms with Crippen LogP contribution >= 0.6 is 0 Å². The van der Waals surface area contributed by atoms with Crippen molar-refractivity contribution in [2.75, 3.05) is 11.9 Å². The van der Waals surface area contributed by atoms with E-state index in [1.165, 1.54) is 11.1 Å². The Labute approximate surface area is 154 Å². The van der Waals surface area contributed by atoms with Crippen LogP contribution in [0.3, 0.4) is 0 Å². The van der Waals surface area contributed by atoms with Crippen molar-refractivity contribution in [3.63, 3.8) is 0 Å². The largest absolute Gasteiger partial charge is 0.338 e. The van der Waals surface area contributed by atoms with Crippen LogP contribution in [-0.2, 0) is 16.1 Å². The van der Waals surface area contributed by atoms with Gasteiger partial charge in [-0.1, -0.05) is 42.0 Å². The number of anilines is 1. The quantitative estimate of drug-likeness (QED) is 0.892. The molecule has 1 heterocycles. The molecule has 4 heteroatoms. The zero-order chi connectivity index (χ0) is 18.1. The number of nitrogens with one attached hydrogen (secondary N) is 1. The van der Waals surface area contributed by atoms with Crippen LogP contribution in [0.2, 0.25) is 0 Å². The molecule has 1 saturated heterocycles. The van der Waals surface area contributed by atoms with Crippen molar-refractivity contribution < 1.29 is 9.59 Å². The number of carbonyl (C=O) groups is 2. The molecule has 2 aromatic rings. The number of likely N-dealkylation sites (tertiary alicyclic amines) is 1. The average Bonchev–Trinajstić information content (AvgIpc) is 3.33. The van der Waals surface area contributed by atoms with E-state index in [2.05, 4.69) is 36.5 Å². The molecule has 0 aromatic heterocycles. The topological polar surface area (TPSA) is 49.4 Å². The van der Waals surface area contributed by atoms with Gasteiger partial charge in [0.05, 0.1) is 0 Å². The summed E-state index contributed by atoms with van der Waals surface area (Å²) in [6.07, 6.45) is 2.51. The van der Waals surface area contributed by atoms with E-state index in [1.807, 2.05) is 29.2 Å². The molecule has 2 aliphatic rings. The fraction of sp³-hybridized carbons (Fsp3) is 0.364. The molecule has 134 valence electrons. The fourth-order valence-electron chi connectivity index (χ4n) is 3.83. The van der Waals surface area contributed by atoms with E-state index in [0.29, 0.717) is 18.9 Å². The van der Waals surface area contributed by atoms with Gasteiger partial charge in [0.25, 0.3) is 0 Å². The lowest BCUT2D eigenvalue weighted by molar-refractivity contribution is -0.128. The predicted molar refractivity (Wildman–Crippen MR) is 102 cm³/mol. The summed E-state index contributed by atoms with van der Waals surface area (Å²) in [4.78, 5) is 26.3. The molecule has 4 nitrogen and oxygen atoms in total. The Morgan fingerprint density at radius 1 is 1.19 bits per heavy atom. The van der Waals surface area contributed by atoms with Gasteiger partial charge in [0.15, 0.2) is 0 Å². The van der Waals surface area contributed by atoms with Gasteiger partial charge >= 0.3 is 0 Å². The maximum absolute atomic E-state index is 12.6. The number of hydrogen-bond donors (Lipinski definition) is 1. The first-order valence-corrected chi connectivity index (χ1v) is 9.34. The molecule has 2 aromatic carbocycles. The zero-order valence-corrected chi connectivity index (χ0v) is 15.1. The molecular formula is C22H24N2O2. The lowest BCUT2D eigenvalue weighted by Gasteiger charge is -2.16. The van der Waals surface area contributed by atoms with Gasteiger partial charge in [0.1, 0.15) is 0 Å². The molecule has 0 bridgehead atoms. The van der Waals surface area contributed by atoms with E-state index >= 15 is 0 Å². The van der Waals surface area contributed by atoms with E-state index in [1.54, 1.807) is 0 Å². The second-order valence-electron chi connectivity index (χ2n) is 7.47. The zero-order valence-electron chi connectivity index (χ0n) is 15.1. The van der Waals surface area contributed by atoms with Crippen molar-refractivity contribution in [2.24, 2.45) is 5.92 Å². The minimum atomic E-state index is 0.0561. The third-order valence-electron chi connectivity index (χ3n) is 5.34. The van der Waals surface area contributed by atoms with Gasteiger partial charge in [-0.3, -0.25) is 9.59 Å². The number of amides is 2. The fourth-order valence-corrected chi connectivity index (χ4v) is 3.83. The molecule has 1 N–H and O–H groups in total. The van der Waals surface area contributed by atoms with Gasteiger partial charge < -0.3 is 10.2 Å². The highest BCUT2D eigenvalue weighted by atomic mass is 16.2. The minimum absolute atomic E-state index is 0.0561. The first-order chi connectivity index (χ1) is 12.6. The molecule has 0 unspecified atom stereocenters. The average molecular weight is 348 g/mol. The van der Waals surface area contributed by atoms with Crippen LogP contribution in [-0.4, -0.2) is 23.3 Å². The highest BCUT2D eigenvalue weighted by Gasteiger charge is 2.43. The Morgan fingerprint density at radius 3 is 2.81 bits per heavy atom. The lowest BCUT2D eigenvalue weighted by atomic mass is 10.1. The maximum atomic E-state index is 12.6. The van der Waals surface area contributed by atoms with Crippen LogP contribution in [0.15, 0.2) is 48.5 Å². The van der Waals surface area contributed by atoms with Crippen LogP contribution in [0.4, 0.5) is 5.69 Å². The summed E-state index contributed by atoms with van der Waals surface area (Å²) in [6, 6.07) is 16.3. The normalized spacial score (nSPS) is 21.7. The van der Waals surface area contributed by atoms with E-state index in [9.17, 15) is 9.59 Å². The molecule has 26 heavy (non-hydrogen) atoms. The molecule has 2 amide bonds. The Hall–Kier alpha value is -2.62. The number of carbonyl (C=O) groups excluding carboxylic acids is 2. The van der Waals surface area contributed by atoms with Crippen LogP contribution in [0, 0.1) is 12.8 Å². The van der Waals surface area contributed by atoms with Gasteiger partial charge in [-0.25, -0.2) is 0 Å². The van der Waals surface area contributed by atoms with E-state index in [0.717, 1.165) is 30.6 Å². The molecule has 2 atom stereocenters. The van der Waals surface area contributed by atoms with Gasteiger partial charge in [-0.2, -0.15) is 0 Å². The summed E-state index contributed by atoms with van der Waals surface area (Å²) in [5.74, 6) is 0.699. The summed E-state index contributed by atoms with van der Waals surface area (Å²) < 4.78 is 0. The van der Waals surface area contributed by atoms with Gasteiger partial charge in [0, 0.05) is 31.1 Å². The Balaban J connectivity index is 1.38. The first-order valence-electron chi connectivity index (χ1n) is 9.34.